The number of aliphatic hydroxyl groups excluding tert-OH is 1. The van der Waals surface area contributed by atoms with E-state index in [0.717, 1.165) is 0 Å². The summed E-state index contributed by atoms with van der Waals surface area (Å²) in [6.45, 7) is 0.204. The topological polar surface area (TPSA) is 57.8 Å². The summed E-state index contributed by atoms with van der Waals surface area (Å²) in [7, 11) is 0. The van der Waals surface area contributed by atoms with Crippen molar-refractivity contribution in [3.05, 3.63) is 40.8 Å². The van der Waals surface area contributed by atoms with Crippen molar-refractivity contribution in [1.82, 2.24) is 9.38 Å². The molecule has 1 N–H and O–H groups in total. The number of anilines is 1. The molecule has 3 heterocycles. The van der Waals surface area contributed by atoms with E-state index in [0.29, 0.717) is 30.9 Å². The molecule has 106 valence electrons. The van der Waals surface area contributed by atoms with E-state index in [9.17, 15) is 9.18 Å². The van der Waals surface area contributed by atoms with E-state index in [1.165, 1.54) is 10.5 Å². The molecule has 1 aliphatic heterocycles. The maximum absolute atomic E-state index is 14.2. The molecule has 3 rings (SSSR count). The second kappa shape index (κ2) is 4.86. The number of rotatable bonds is 2. The summed E-state index contributed by atoms with van der Waals surface area (Å²) in [6, 6.07) is 6.71. The highest BCUT2D eigenvalue weighted by Gasteiger charge is 2.35. The molecule has 0 bridgehead atoms. The number of nitrogens with zero attached hydrogens (tertiary/aromatic N) is 3. The van der Waals surface area contributed by atoms with Crippen LogP contribution < -0.4 is 10.5 Å². The van der Waals surface area contributed by atoms with E-state index in [2.05, 4.69) is 4.98 Å². The smallest absolute Gasteiger partial charge is 0.259 e. The second-order valence-corrected chi connectivity index (χ2v) is 5.22. The molecular formula is C14H16FN3O2. The number of hydrogen-bond acceptors (Lipinski definition) is 4. The van der Waals surface area contributed by atoms with Gasteiger partial charge in [-0.05, 0) is 25.0 Å². The lowest BCUT2D eigenvalue weighted by Gasteiger charge is -2.36. The second-order valence-electron chi connectivity index (χ2n) is 5.22. The minimum absolute atomic E-state index is 0.0684. The van der Waals surface area contributed by atoms with Crippen molar-refractivity contribution in [2.75, 3.05) is 24.6 Å². The molecule has 1 atom stereocenters. The molecule has 0 saturated carbocycles. The van der Waals surface area contributed by atoms with Crippen LogP contribution >= 0.6 is 0 Å². The van der Waals surface area contributed by atoms with Gasteiger partial charge in [-0.25, -0.2) is 9.37 Å². The lowest BCUT2D eigenvalue weighted by molar-refractivity contribution is 0.0566. The van der Waals surface area contributed by atoms with Crippen molar-refractivity contribution in [2.24, 2.45) is 0 Å². The zero-order chi connectivity index (χ0) is 14.2. The van der Waals surface area contributed by atoms with Gasteiger partial charge in [0.2, 0.25) is 0 Å². The first-order valence-electron chi connectivity index (χ1n) is 6.64. The van der Waals surface area contributed by atoms with Crippen LogP contribution in [-0.4, -0.2) is 39.9 Å². The molecule has 6 heteroatoms. The van der Waals surface area contributed by atoms with Crippen LogP contribution in [0.5, 0.6) is 0 Å². The molecule has 2 aromatic rings. The first kappa shape index (κ1) is 13.1. The molecule has 5 nitrogen and oxygen atoms in total. The predicted molar refractivity (Wildman–Crippen MR) is 73.8 cm³/mol. The van der Waals surface area contributed by atoms with Crippen molar-refractivity contribution in [2.45, 2.75) is 18.5 Å². The molecule has 1 unspecified atom stereocenters. The van der Waals surface area contributed by atoms with Gasteiger partial charge in [0, 0.05) is 18.8 Å². The number of fused-ring (bicyclic) bond motifs is 1. The third-order valence-electron chi connectivity index (χ3n) is 3.69. The largest absolute Gasteiger partial charge is 0.393 e. The normalized spacial score (nSPS) is 23.2. The molecule has 1 saturated heterocycles. The van der Waals surface area contributed by atoms with E-state index in [4.69, 9.17) is 5.11 Å². The number of aliphatic hydroxyl groups is 1. The van der Waals surface area contributed by atoms with Crippen LogP contribution in [0.2, 0.25) is 0 Å². The number of pyridine rings is 1. The maximum Gasteiger partial charge on any atom is 0.259 e. The predicted octanol–water partition coefficient (Wildman–Crippen LogP) is 0.995. The SMILES string of the molecule is O=c1cc(N2CCCC(F)(CO)C2)nc2ccccn12. The molecule has 0 aliphatic carbocycles. The summed E-state index contributed by atoms with van der Waals surface area (Å²) in [5, 5.41) is 9.15. The average molecular weight is 277 g/mol. The van der Waals surface area contributed by atoms with E-state index in [-0.39, 0.29) is 12.1 Å². The van der Waals surface area contributed by atoms with Crippen molar-refractivity contribution in [3.8, 4) is 0 Å². The van der Waals surface area contributed by atoms with Crippen molar-refractivity contribution >= 4 is 11.5 Å². The van der Waals surface area contributed by atoms with Crippen molar-refractivity contribution in [1.29, 1.82) is 0 Å². The van der Waals surface area contributed by atoms with Gasteiger partial charge in [-0.1, -0.05) is 6.07 Å². The Morgan fingerprint density at radius 2 is 2.30 bits per heavy atom. The van der Waals surface area contributed by atoms with E-state index >= 15 is 0 Å². The van der Waals surface area contributed by atoms with Gasteiger partial charge in [-0.15, -0.1) is 0 Å². The van der Waals surface area contributed by atoms with Gasteiger partial charge in [0.25, 0.3) is 5.56 Å². The summed E-state index contributed by atoms with van der Waals surface area (Å²) < 4.78 is 15.7. The van der Waals surface area contributed by atoms with E-state index < -0.39 is 12.3 Å². The summed E-state index contributed by atoms with van der Waals surface area (Å²) in [5.74, 6) is 0.469. The van der Waals surface area contributed by atoms with Gasteiger partial charge in [-0.3, -0.25) is 9.20 Å². The van der Waals surface area contributed by atoms with Gasteiger partial charge < -0.3 is 10.0 Å². The van der Waals surface area contributed by atoms with Crippen LogP contribution in [0.1, 0.15) is 12.8 Å². The molecule has 20 heavy (non-hydrogen) atoms. The summed E-state index contributed by atoms with van der Waals surface area (Å²) >= 11 is 0. The first-order chi connectivity index (χ1) is 9.61. The lowest BCUT2D eigenvalue weighted by atomic mass is 9.96. The molecule has 0 spiro atoms. The first-order valence-corrected chi connectivity index (χ1v) is 6.64. The number of aromatic nitrogens is 2. The van der Waals surface area contributed by atoms with Gasteiger partial charge in [0.05, 0.1) is 13.2 Å². The zero-order valence-electron chi connectivity index (χ0n) is 11.0. The Labute approximate surface area is 115 Å². The summed E-state index contributed by atoms with van der Waals surface area (Å²) in [6.07, 6.45) is 2.62. The van der Waals surface area contributed by atoms with Crippen LogP contribution in [0.4, 0.5) is 10.2 Å². The molecule has 1 fully saturated rings. The Hall–Kier alpha value is -1.95. The Bertz CT molecular complexity index is 687. The Balaban J connectivity index is 2.00. The van der Waals surface area contributed by atoms with Crippen LogP contribution in [-0.2, 0) is 0 Å². The van der Waals surface area contributed by atoms with Gasteiger partial charge in [-0.2, -0.15) is 0 Å². The lowest BCUT2D eigenvalue weighted by Crippen LogP contribution is -2.48. The van der Waals surface area contributed by atoms with Crippen LogP contribution in [0.15, 0.2) is 35.3 Å². The quantitative estimate of drug-likeness (QED) is 0.889. The molecule has 0 amide bonds. The van der Waals surface area contributed by atoms with Crippen LogP contribution in [0.3, 0.4) is 0 Å². The fourth-order valence-corrected chi connectivity index (χ4v) is 2.61. The molecule has 0 aromatic carbocycles. The summed E-state index contributed by atoms with van der Waals surface area (Å²) in [5.41, 5.74) is -1.26. The minimum atomic E-state index is -1.61. The van der Waals surface area contributed by atoms with E-state index in [1.807, 2.05) is 0 Å². The fourth-order valence-electron chi connectivity index (χ4n) is 2.61. The number of alkyl halides is 1. The number of halogens is 1. The van der Waals surface area contributed by atoms with Gasteiger partial charge in [0.15, 0.2) is 5.67 Å². The Morgan fingerprint density at radius 3 is 3.10 bits per heavy atom. The maximum atomic E-state index is 14.2. The molecule has 2 aromatic heterocycles. The average Bonchev–Trinajstić information content (AvgIpc) is 2.47. The van der Waals surface area contributed by atoms with Crippen LogP contribution in [0.25, 0.3) is 5.65 Å². The highest BCUT2D eigenvalue weighted by Crippen LogP contribution is 2.27. The highest BCUT2D eigenvalue weighted by atomic mass is 19.1. The van der Waals surface area contributed by atoms with E-state index in [1.54, 1.807) is 29.3 Å². The standard InChI is InChI=1S/C14H16FN3O2/c15-14(10-19)5-3-6-17(9-14)12-8-13(20)18-7-2-1-4-11(18)16-12/h1-2,4,7-8,19H,3,5-6,9-10H2. The number of hydrogen-bond donors (Lipinski definition) is 1. The Kier molecular flexibility index (Phi) is 3.17. The third kappa shape index (κ3) is 2.27. The highest BCUT2D eigenvalue weighted by molar-refractivity contribution is 5.48. The van der Waals surface area contributed by atoms with Crippen LogP contribution in [0, 0.1) is 0 Å². The zero-order valence-corrected chi connectivity index (χ0v) is 11.0. The monoisotopic (exact) mass is 277 g/mol. The van der Waals surface area contributed by atoms with Gasteiger partial charge in [0.1, 0.15) is 11.5 Å². The van der Waals surface area contributed by atoms with Gasteiger partial charge >= 0.3 is 0 Å². The van der Waals surface area contributed by atoms with Crippen molar-refractivity contribution < 1.29 is 9.50 Å². The molecule has 1 aliphatic rings. The Morgan fingerprint density at radius 1 is 1.45 bits per heavy atom. The number of piperidine rings is 1. The van der Waals surface area contributed by atoms with Crippen molar-refractivity contribution in [3.63, 3.8) is 0 Å². The third-order valence-corrected chi connectivity index (χ3v) is 3.69. The fraction of sp³-hybridized carbons (Fsp3) is 0.429. The summed E-state index contributed by atoms with van der Waals surface area (Å²) in [4.78, 5) is 18.2. The molecule has 0 radical (unpaired) electrons. The molecular weight excluding hydrogens is 261 g/mol. The minimum Gasteiger partial charge on any atom is -0.393 e.